The Morgan fingerprint density at radius 1 is 1.00 bits per heavy atom. The van der Waals surface area contributed by atoms with E-state index >= 15 is 0 Å². The van der Waals surface area contributed by atoms with Crippen molar-refractivity contribution in [3.05, 3.63) is 71.5 Å². The van der Waals surface area contributed by atoms with E-state index in [0.717, 1.165) is 5.69 Å². The molecule has 1 heterocycles. The Hall–Kier alpha value is -3.41. The van der Waals surface area contributed by atoms with Crippen LogP contribution >= 0.6 is 0 Å². The summed E-state index contributed by atoms with van der Waals surface area (Å²) in [6.07, 6.45) is 0. The Morgan fingerprint density at radius 2 is 1.69 bits per heavy atom. The maximum absolute atomic E-state index is 12.7. The molecule has 0 unspecified atom stereocenters. The van der Waals surface area contributed by atoms with Gasteiger partial charge in [-0.05, 0) is 48.2 Å². The smallest absolute Gasteiger partial charge is 0.274 e. The van der Waals surface area contributed by atoms with Crippen molar-refractivity contribution in [3.8, 4) is 5.75 Å². The number of aryl methyl sites for hydroxylation is 1. The molecule has 0 saturated heterocycles. The van der Waals surface area contributed by atoms with Crippen molar-refractivity contribution < 1.29 is 9.53 Å². The monoisotopic (exact) mass is 390 g/mol. The van der Waals surface area contributed by atoms with Gasteiger partial charge in [0.25, 0.3) is 5.91 Å². The Kier molecular flexibility index (Phi) is 5.82. The van der Waals surface area contributed by atoms with Crippen LogP contribution in [0.15, 0.2) is 54.6 Å². The van der Waals surface area contributed by atoms with Crippen molar-refractivity contribution in [1.29, 1.82) is 0 Å². The van der Waals surface area contributed by atoms with E-state index in [-0.39, 0.29) is 17.0 Å². The summed E-state index contributed by atoms with van der Waals surface area (Å²) in [6.45, 7) is 8.35. The molecule has 0 spiro atoms. The minimum Gasteiger partial charge on any atom is -0.495 e. The third-order valence-corrected chi connectivity index (χ3v) is 4.45. The van der Waals surface area contributed by atoms with Gasteiger partial charge in [-0.2, -0.15) is 0 Å². The largest absolute Gasteiger partial charge is 0.495 e. The molecule has 0 aliphatic heterocycles. The average molecular weight is 390 g/mol. The molecule has 29 heavy (non-hydrogen) atoms. The number of aromatic nitrogens is 2. The molecule has 1 amide bonds. The van der Waals surface area contributed by atoms with Crippen LogP contribution in [0.25, 0.3) is 0 Å². The van der Waals surface area contributed by atoms with Crippen LogP contribution < -0.4 is 15.4 Å². The lowest BCUT2D eigenvalue weighted by Gasteiger charge is -2.19. The second-order valence-corrected chi connectivity index (χ2v) is 7.82. The minimum absolute atomic E-state index is 0.0854. The van der Waals surface area contributed by atoms with E-state index in [1.165, 1.54) is 5.56 Å². The van der Waals surface area contributed by atoms with Gasteiger partial charge >= 0.3 is 0 Å². The summed E-state index contributed by atoms with van der Waals surface area (Å²) < 4.78 is 5.28. The van der Waals surface area contributed by atoms with E-state index in [9.17, 15) is 4.79 Å². The Morgan fingerprint density at radius 3 is 2.34 bits per heavy atom. The van der Waals surface area contributed by atoms with Crippen LogP contribution in [0.1, 0.15) is 42.5 Å². The van der Waals surface area contributed by atoms with E-state index in [4.69, 9.17) is 4.74 Å². The Bertz CT molecular complexity index is 1010. The zero-order valence-electron chi connectivity index (χ0n) is 17.4. The molecule has 150 valence electrons. The van der Waals surface area contributed by atoms with Crippen molar-refractivity contribution in [2.45, 2.75) is 33.1 Å². The van der Waals surface area contributed by atoms with E-state index in [1.54, 1.807) is 25.3 Å². The molecule has 0 radical (unpaired) electrons. The van der Waals surface area contributed by atoms with Crippen molar-refractivity contribution in [3.63, 3.8) is 0 Å². The number of benzene rings is 2. The van der Waals surface area contributed by atoms with Gasteiger partial charge in [0.2, 0.25) is 5.95 Å². The highest BCUT2D eigenvalue weighted by Gasteiger charge is 2.15. The van der Waals surface area contributed by atoms with E-state index in [1.807, 2.05) is 31.2 Å². The predicted molar refractivity (Wildman–Crippen MR) is 116 cm³/mol. The number of hydrogen-bond acceptors (Lipinski definition) is 5. The number of nitrogens with one attached hydrogen (secondary N) is 2. The molecule has 6 nitrogen and oxygen atoms in total. The summed E-state index contributed by atoms with van der Waals surface area (Å²) in [5.41, 5.74) is 3.74. The minimum atomic E-state index is -0.328. The molecule has 0 aliphatic rings. The van der Waals surface area contributed by atoms with Crippen molar-refractivity contribution in [2.75, 3.05) is 17.7 Å². The summed E-state index contributed by atoms with van der Waals surface area (Å²) in [7, 11) is 1.56. The van der Waals surface area contributed by atoms with Crippen molar-refractivity contribution in [2.24, 2.45) is 0 Å². The van der Waals surface area contributed by atoms with Gasteiger partial charge in [0.05, 0.1) is 12.8 Å². The first-order chi connectivity index (χ1) is 13.8. The SMILES string of the molecule is COc1ccccc1NC(=O)c1cc(C)nc(Nc2ccc(C(C)(C)C)cc2)n1. The van der Waals surface area contributed by atoms with Gasteiger partial charge < -0.3 is 15.4 Å². The van der Waals surface area contributed by atoms with Crippen molar-refractivity contribution in [1.82, 2.24) is 9.97 Å². The van der Waals surface area contributed by atoms with Gasteiger partial charge in [-0.25, -0.2) is 9.97 Å². The highest BCUT2D eigenvalue weighted by molar-refractivity contribution is 6.03. The van der Waals surface area contributed by atoms with Gasteiger partial charge in [-0.15, -0.1) is 0 Å². The van der Waals surface area contributed by atoms with Crippen LogP contribution in [0.5, 0.6) is 5.75 Å². The average Bonchev–Trinajstić information content (AvgIpc) is 2.67. The topological polar surface area (TPSA) is 76.1 Å². The van der Waals surface area contributed by atoms with E-state index < -0.39 is 0 Å². The number of methoxy groups -OCH3 is 1. The van der Waals surface area contributed by atoms with Gasteiger partial charge in [0.1, 0.15) is 11.4 Å². The highest BCUT2D eigenvalue weighted by atomic mass is 16.5. The molecule has 0 atom stereocenters. The number of carbonyl (C=O) groups is 1. The molecule has 3 rings (SSSR count). The summed E-state index contributed by atoms with van der Waals surface area (Å²) in [6, 6.07) is 17.0. The lowest BCUT2D eigenvalue weighted by atomic mass is 9.87. The normalized spacial score (nSPS) is 11.1. The standard InChI is InChI=1S/C23H26N4O2/c1-15-14-19(21(28)26-18-8-6-7-9-20(18)29-5)27-22(24-15)25-17-12-10-16(11-13-17)23(2,3)4/h6-14H,1-5H3,(H,26,28)(H,24,25,27). The molecule has 2 aromatic carbocycles. The third-order valence-electron chi connectivity index (χ3n) is 4.45. The maximum Gasteiger partial charge on any atom is 0.274 e. The lowest BCUT2D eigenvalue weighted by Crippen LogP contribution is -2.16. The number of ether oxygens (including phenoxy) is 1. The van der Waals surface area contributed by atoms with E-state index in [0.29, 0.717) is 23.1 Å². The number of anilines is 3. The van der Waals surface area contributed by atoms with Crippen LogP contribution in [0.4, 0.5) is 17.3 Å². The fourth-order valence-corrected chi connectivity index (χ4v) is 2.86. The number of para-hydroxylation sites is 2. The second kappa shape index (κ2) is 8.31. The third kappa shape index (κ3) is 5.10. The molecule has 2 N–H and O–H groups in total. The lowest BCUT2D eigenvalue weighted by molar-refractivity contribution is 0.102. The van der Waals surface area contributed by atoms with Gasteiger partial charge in [-0.3, -0.25) is 4.79 Å². The molecule has 1 aromatic heterocycles. The molecule has 6 heteroatoms. The van der Waals surface area contributed by atoms with Crippen LogP contribution in [0, 0.1) is 6.92 Å². The van der Waals surface area contributed by atoms with Crippen LogP contribution in [-0.4, -0.2) is 23.0 Å². The maximum atomic E-state index is 12.7. The highest BCUT2D eigenvalue weighted by Crippen LogP contribution is 2.25. The first-order valence-corrected chi connectivity index (χ1v) is 9.44. The molecule has 0 saturated carbocycles. The zero-order chi connectivity index (χ0) is 21.0. The van der Waals surface area contributed by atoms with Crippen LogP contribution in [0.3, 0.4) is 0 Å². The fourth-order valence-electron chi connectivity index (χ4n) is 2.86. The van der Waals surface area contributed by atoms with Crippen LogP contribution in [-0.2, 0) is 5.41 Å². The summed E-state index contributed by atoms with van der Waals surface area (Å²) >= 11 is 0. The first kappa shape index (κ1) is 20.3. The quantitative estimate of drug-likeness (QED) is 0.635. The molecule has 0 aliphatic carbocycles. The molecule has 0 bridgehead atoms. The number of rotatable bonds is 5. The number of carbonyl (C=O) groups excluding carboxylic acids is 1. The van der Waals surface area contributed by atoms with Gasteiger partial charge in [0.15, 0.2) is 0 Å². The Balaban J connectivity index is 1.80. The summed E-state index contributed by atoms with van der Waals surface area (Å²) in [5, 5.41) is 6.02. The van der Waals surface area contributed by atoms with Gasteiger partial charge in [-0.1, -0.05) is 45.0 Å². The van der Waals surface area contributed by atoms with Crippen LogP contribution in [0.2, 0.25) is 0 Å². The Labute approximate surface area is 171 Å². The van der Waals surface area contributed by atoms with Crippen molar-refractivity contribution >= 4 is 23.2 Å². The molecule has 3 aromatic rings. The van der Waals surface area contributed by atoms with E-state index in [2.05, 4.69) is 53.5 Å². The molecular weight excluding hydrogens is 364 g/mol. The zero-order valence-corrected chi connectivity index (χ0v) is 17.4. The molecular formula is C23H26N4O2. The number of hydrogen-bond donors (Lipinski definition) is 2. The number of nitrogens with zero attached hydrogens (tertiary/aromatic N) is 2. The summed E-state index contributed by atoms with van der Waals surface area (Å²) in [5.74, 6) is 0.633. The fraction of sp³-hybridized carbons (Fsp3) is 0.261. The second-order valence-electron chi connectivity index (χ2n) is 7.82. The predicted octanol–water partition coefficient (Wildman–Crippen LogP) is 5.09. The summed E-state index contributed by atoms with van der Waals surface area (Å²) in [4.78, 5) is 21.5. The molecule has 0 fully saturated rings. The van der Waals surface area contributed by atoms with Gasteiger partial charge in [0, 0.05) is 11.4 Å². The number of amides is 1. The first-order valence-electron chi connectivity index (χ1n) is 9.44.